The van der Waals surface area contributed by atoms with Crippen molar-refractivity contribution >= 4 is 0 Å². The Labute approximate surface area is 133 Å². The second-order valence-corrected chi connectivity index (χ2v) is 4.83. The highest BCUT2D eigenvalue weighted by Gasteiger charge is 2.35. The molecule has 108 valence electrons. The van der Waals surface area contributed by atoms with Gasteiger partial charge in [-0.3, -0.25) is 0 Å². The van der Waals surface area contributed by atoms with Crippen molar-refractivity contribution in [3.8, 4) is 30.0 Å². The number of aromatic hydroxyl groups is 1. The van der Waals surface area contributed by atoms with Gasteiger partial charge in [0.2, 0.25) is 0 Å². The zero-order valence-corrected chi connectivity index (χ0v) is 11.9. The van der Waals surface area contributed by atoms with Crippen LogP contribution in [0.1, 0.15) is 22.6 Å². The lowest BCUT2D eigenvalue weighted by Gasteiger charge is -2.20. The van der Waals surface area contributed by atoms with E-state index in [2.05, 4.69) is 0 Å². The second kappa shape index (κ2) is 6.31. The van der Waals surface area contributed by atoms with E-state index < -0.39 is 11.3 Å². The number of nitriles is 4. The number of rotatable bonds is 3. The number of phenolic OH excluding ortho intramolecular Hbond substituents is 1. The molecule has 0 atom stereocenters. The van der Waals surface area contributed by atoms with Gasteiger partial charge in [0, 0.05) is 0 Å². The first-order chi connectivity index (χ1) is 11.1. The van der Waals surface area contributed by atoms with Gasteiger partial charge in [-0.05, 0) is 28.8 Å². The Morgan fingerprint density at radius 1 is 0.739 bits per heavy atom. The zero-order chi connectivity index (χ0) is 16.9. The molecule has 0 spiro atoms. The largest absolute Gasteiger partial charge is 0.508 e. The number of hydrogen-bond acceptors (Lipinski definition) is 5. The molecule has 5 nitrogen and oxygen atoms in total. The molecule has 0 aliphatic heterocycles. The SMILES string of the molecule is N#CC(C#N)c1ccc(C(C#N)(C#N)c2ccc(O)cc2)cc1. The summed E-state index contributed by atoms with van der Waals surface area (Å²) in [6.45, 7) is 0. The molecule has 0 saturated heterocycles. The van der Waals surface area contributed by atoms with Gasteiger partial charge in [-0.1, -0.05) is 36.4 Å². The normalized spacial score (nSPS) is 10.1. The molecule has 2 aromatic carbocycles. The standard InChI is InChI=1S/C18H10N4O/c19-9-14(10-20)13-1-3-15(4-2-13)18(11-21,12-22)16-5-7-17(23)8-6-16/h1-8,14,23H. The van der Waals surface area contributed by atoms with E-state index in [4.69, 9.17) is 10.5 Å². The van der Waals surface area contributed by atoms with Crippen LogP contribution in [0, 0.1) is 45.3 Å². The highest BCUT2D eigenvalue weighted by molar-refractivity contribution is 5.54. The first-order valence-corrected chi connectivity index (χ1v) is 6.63. The number of phenols is 1. The van der Waals surface area contributed by atoms with Crippen LogP contribution in [-0.2, 0) is 5.41 Å². The Hall–Kier alpha value is -3.80. The summed E-state index contributed by atoms with van der Waals surface area (Å²) in [6.07, 6.45) is 0. The number of hydrogen-bond donors (Lipinski definition) is 1. The van der Waals surface area contributed by atoms with E-state index in [0.29, 0.717) is 16.7 Å². The fourth-order valence-corrected chi connectivity index (χ4v) is 2.26. The van der Waals surface area contributed by atoms with Crippen molar-refractivity contribution in [2.45, 2.75) is 11.3 Å². The van der Waals surface area contributed by atoms with Crippen LogP contribution in [0.5, 0.6) is 5.75 Å². The lowest BCUT2D eigenvalue weighted by Crippen LogP contribution is -2.23. The Balaban J connectivity index is 2.54. The van der Waals surface area contributed by atoms with E-state index in [9.17, 15) is 15.6 Å². The maximum absolute atomic E-state index is 9.58. The van der Waals surface area contributed by atoms with Crippen molar-refractivity contribution < 1.29 is 5.11 Å². The molecule has 0 radical (unpaired) electrons. The molecule has 23 heavy (non-hydrogen) atoms. The minimum absolute atomic E-state index is 0.0414. The lowest BCUT2D eigenvalue weighted by molar-refractivity contribution is 0.475. The molecule has 0 fully saturated rings. The van der Waals surface area contributed by atoms with Crippen molar-refractivity contribution in [2.75, 3.05) is 0 Å². The summed E-state index contributed by atoms with van der Waals surface area (Å²) in [5, 5.41) is 46.3. The third-order valence-corrected chi connectivity index (χ3v) is 3.57. The van der Waals surface area contributed by atoms with E-state index in [1.165, 1.54) is 24.3 Å². The van der Waals surface area contributed by atoms with Gasteiger partial charge in [-0.2, -0.15) is 21.0 Å². The van der Waals surface area contributed by atoms with Gasteiger partial charge >= 0.3 is 0 Å². The number of nitrogens with zero attached hydrogens (tertiary/aromatic N) is 4. The molecular formula is C18H10N4O. The summed E-state index contributed by atoms with van der Waals surface area (Å²) in [6, 6.07) is 19.9. The Bertz CT molecular complexity index is 844. The highest BCUT2D eigenvalue weighted by Crippen LogP contribution is 2.33. The molecule has 0 aliphatic carbocycles. The fraction of sp³-hybridized carbons (Fsp3) is 0.111. The number of benzene rings is 2. The van der Waals surface area contributed by atoms with E-state index in [-0.39, 0.29) is 5.75 Å². The maximum Gasteiger partial charge on any atom is 0.193 e. The average Bonchev–Trinajstić information content (AvgIpc) is 2.60. The second-order valence-electron chi connectivity index (χ2n) is 4.83. The van der Waals surface area contributed by atoms with Gasteiger partial charge in [-0.25, -0.2) is 0 Å². The van der Waals surface area contributed by atoms with Crippen molar-refractivity contribution in [1.29, 1.82) is 21.0 Å². The quantitative estimate of drug-likeness (QED) is 0.935. The third kappa shape index (κ3) is 2.68. The third-order valence-electron chi connectivity index (χ3n) is 3.57. The first kappa shape index (κ1) is 15.6. The molecule has 2 aromatic rings. The first-order valence-electron chi connectivity index (χ1n) is 6.63. The smallest absolute Gasteiger partial charge is 0.193 e. The predicted octanol–water partition coefficient (Wildman–Crippen LogP) is 2.86. The Morgan fingerprint density at radius 2 is 1.17 bits per heavy atom. The lowest BCUT2D eigenvalue weighted by atomic mass is 9.76. The predicted molar refractivity (Wildman–Crippen MR) is 80.5 cm³/mol. The topological polar surface area (TPSA) is 115 Å². The molecule has 0 heterocycles. The summed E-state index contributed by atoms with van der Waals surface area (Å²) in [5.74, 6) is -0.851. The summed E-state index contributed by atoms with van der Waals surface area (Å²) < 4.78 is 0. The van der Waals surface area contributed by atoms with Gasteiger partial charge in [0.15, 0.2) is 11.3 Å². The van der Waals surface area contributed by atoms with E-state index in [1.54, 1.807) is 24.3 Å². The van der Waals surface area contributed by atoms with Gasteiger partial charge in [0.05, 0.1) is 24.3 Å². The van der Waals surface area contributed by atoms with Crippen molar-refractivity contribution in [3.63, 3.8) is 0 Å². The fourth-order valence-electron chi connectivity index (χ4n) is 2.26. The monoisotopic (exact) mass is 298 g/mol. The van der Waals surface area contributed by atoms with Crippen LogP contribution in [0.3, 0.4) is 0 Å². The zero-order valence-electron chi connectivity index (χ0n) is 11.9. The van der Waals surface area contributed by atoms with Gasteiger partial charge in [0.25, 0.3) is 0 Å². The van der Waals surface area contributed by atoms with E-state index >= 15 is 0 Å². The van der Waals surface area contributed by atoms with Crippen LogP contribution in [0.25, 0.3) is 0 Å². The van der Waals surface area contributed by atoms with Crippen LogP contribution in [0.2, 0.25) is 0 Å². The minimum Gasteiger partial charge on any atom is -0.508 e. The molecule has 2 rings (SSSR count). The van der Waals surface area contributed by atoms with E-state index in [0.717, 1.165) is 0 Å². The summed E-state index contributed by atoms with van der Waals surface area (Å²) in [4.78, 5) is 0. The molecule has 0 unspecified atom stereocenters. The summed E-state index contributed by atoms with van der Waals surface area (Å²) in [5.41, 5.74) is -0.146. The van der Waals surface area contributed by atoms with Crippen LogP contribution >= 0.6 is 0 Å². The minimum atomic E-state index is -1.53. The van der Waals surface area contributed by atoms with Crippen LogP contribution in [-0.4, -0.2) is 5.11 Å². The summed E-state index contributed by atoms with van der Waals surface area (Å²) in [7, 11) is 0. The van der Waals surface area contributed by atoms with E-state index in [1.807, 2.05) is 24.3 Å². The van der Waals surface area contributed by atoms with Gasteiger partial charge in [0.1, 0.15) is 5.75 Å². The Morgan fingerprint density at radius 3 is 1.57 bits per heavy atom. The van der Waals surface area contributed by atoms with Crippen LogP contribution in [0.4, 0.5) is 0 Å². The Kier molecular flexibility index (Phi) is 4.28. The van der Waals surface area contributed by atoms with Crippen molar-refractivity contribution in [1.82, 2.24) is 0 Å². The average molecular weight is 298 g/mol. The molecule has 0 aliphatic rings. The van der Waals surface area contributed by atoms with Crippen molar-refractivity contribution in [3.05, 3.63) is 65.2 Å². The van der Waals surface area contributed by atoms with Crippen LogP contribution in [0.15, 0.2) is 48.5 Å². The summed E-state index contributed by atoms with van der Waals surface area (Å²) >= 11 is 0. The maximum atomic E-state index is 9.58. The molecule has 0 saturated carbocycles. The molecule has 0 amide bonds. The van der Waals surface area contributed by atoms with Crippen LogP contribution < -0.4 is 0 Å². The van der Waals surface area contributed by atoms with Crippen molar-refractivity contribution in [2.24, 2.45) is 0 Å². The van der Waals surface area contributed by atoms with Gasteiger partial charge in [-0.15, -0.1) is 0 Å². The molecule has 0 bridgehead atoms. The highest BCUT2D eigenvalue weighted by atomic mass is 16.3. The molecule has 1 N–H and O–H groups in total. The van der Waals surface area contributed by atoms with Gasteiger partial charge < -0.3 is 5.11 Å². The molecular weight excluding hydrogens is 288 g/mol. The molecule has 5 heteroatoms. The molecule has 0 aromatic heterocycles.